The first kappa shape index (κ1) is 13.3. The summed E-state index contributed by atoms with van der Waals surface area (Å²) in [6, 6.07) is 8.54. The van der Waals surface area contributed by atoms with Gasteiger partial charge in [-0.1, -0.05) is 16.8 Å². The molecule has 4 nitrogen and oxygen atoms in total. The van der Waals surface area contributed by atoms with Crippen LogP contribution in [0.25, 0.3) is 0 Å². The minimum atomic E-state index is -1.30. The number of hydrogen-bond donors (Lipinski definition) is 1. The normalized spacial score (nSPS) is 14.4. The maximum atomic E-state index is 12.0. The Morgan fingerprint density at radius 2 is 2.06 bits per heavy atom. The Hall–Kier alpha value is -1.17. The molecule has 0 aliphatic carbocycles. The molecule has 1 heterocycles. The molecule has 1 aromatic carbocycles. The molecule has 96 valence electrons. The number of rotatable bonds is 4. The molecule has 0 bridgehead atoms. The van der Waals surface area contributed by atoms with Crippen LogP contribution in [0.2, 0.25) is 5.02 Å². The van der Waals surface area contributed by atoms with Crippen LogP contribution < -0.4 is 4.72 Å². The molecule has 0 saturated carbocycles. The van der Waals surface area contributed by atoms with Crippen molar-refractivity contribution in [2.24, 2.45) is 0 Å². The Bertz CT molecular complexity index is 553. The van der Waals surface area contributed by atoms with E-state index in [2.05, 4.69) is 9.88 Å². The maximum absolute atomic E-state index is 12.0. The fraction of sp³-hybridized carbons (Fsp3) is 0.250. The van der Waals surface area contributed by atoms with Crippen LogP contribution in [0.1, 0.15) is 24.4 Å². The zero-order valence-corrected chi connectivity index (χ0v) is 11.6. The van der Waals surface area contributed by atoms with Gasteiger partial charge in [0.2, 0.25) is 0 Å². The first-order valence-electron chi connectivity index (χ1n) is 5.43. The van der Waals surface area contributed by atoms with Crippen LogP contribution in [-0.4, -0.2) is 9.37 Å². The van der Waals surface area contributed by atoms with Crippen LogP contribution in [0, 0.1) is 6.92 Å². The summed E-state index contributed by atoms with van der Waals surface area (Å²) in [4.78, 5) is 0.673. The van der Waals surface area contributed by atoms with Crippen LogP contribution in [0.3, 0.4) is 0 Å². The van der Waals surface area contributed by atoms with Crippen LogP contribution in [-0.2, 0) is 11.0 Å². The van der Waals surface area contributed by atoms with E-state index in [1.54, 1.807) is 24.3 Å². The zero-order chi connectivity index (χ0) is 13.1. The van der Waals surface area contributed by atoms with Gasteiger partial charge >= 0.3 is 0 Å². The highest BCUT2D eigenvalue weighted by molar-refractivity contribution is 7.83. The summed E-state index contributed by atoms with van der Waals surface area (Å²) in [5, 5.41) is 4.50. The molecular weight excluding hydrogens is 272 g/mol. The van der Waals surface area contributed by atoms with E-state index in [4.69, 9.17) is 16.1 Å². The summed E-state index contributed by atoms with van der Waals surface area (Å²) in [7, 11) is -1.30. The molecule has 2 aromatic rings. The van der Waals surface area contributed by atoms with Gasteiger partial charge in [0, 0.05) is 11.1 Å². The minimum Gasteiger partial charge on any atom is -0.361 e. The van der Waals surface area contributed by atoms with Gasteiger partial charge in [-0.3, -0.25) is 0 Å². The Kier molecular flexibility index (Phi) is 4.16. The Morgan fingerprint density at radius 1 is 1.39 bits per heavy atom. The lowest BCUT2D eigenvalue weighted by Gasteiger charge is -2.10. The Labute approximate surface area is 113 Å². The predicted octanol–water partition coefficient (Wildman–Crippen LogP) is 3.01. The summed E-state index contributed by atoms with van der Waals surface area (Å²) in [6.45, 7) is 3.70. The van der Waals surface area contributed by atoms with Gasteiger partial charge in [-0.05, 0) is 38.1 Å². The van der Waals surface area contributed by atoms with E-state index in [1.807, 2.05) is 19.9 Å². The van der Waals surface area contributed by atoms with Crippen molar-refractivity contribution in [2.45, 2.75) is 24.8 Å². The zero-order valence-electron chi connectivity index (χ0n) is 10.0. The second-order valence-corrected chi connectivity index (χ2v) is 5.61. The molecular formula is C12H13ClN2O2S. The number of hydrogen-bond acceptors (Lipinski definition) is 3. The molecule has 0 radical (unpaired) electrons. The van der Waals surface area contributed by atoms with Crippen LogP contribution in [0.5, 0.6) is 0 Å². The van der Waals surface area contributed by atoms with Crippen LogP contribution >= 0.6 is 11.6 Å². The van der Waals surface area contributed by atoms with Crippen molar-refractivity contribution in [2.75, 3.05) is 0 Å². The number of aromatic nitrogens is 1. The van der Waals surface area contributed by atoms with E-state index < -0.39 is 11.0 Å². The number of benzene rings is 1. The van der Waals surface area contributed by atoms with Gasteiger partial charge in [0.1, 0.15) is 22.4 Å². The van der Waals surface area contributed by atoms with Gasteiger partial charge in [0.15, 0.2) is 0 Å². The lowest BCUT2D eigenvalue weighted by molar-refractivity contribution is 0.385. The highest BCUT2D eigenvalue weighted by atomic mass is 35.5. The van der Waals surface area contributed by atoms with Crippen LogP contribution in [0.15, 0.2) is 39.8 Å². The van der Waals surface area contributed by atoms with Gasteiger partial charge in [0.25, 0.3) is 0 Å². The first-order valence-corrected chi connectivity index (χ1v) is 6.96. The minimum absolute atomic E-state index is 0.154. The summed E-state index contributed by atoms with van der Waals surface area (Å²) in [5.74, 6) is 0.732. The molecule has 0 fully saturated rings. The van der Waals surface area contributed by atoms with Gasteiger partial charge in [-0.25, -0.2) is 8.93 Å². The third-order valence-electron chi connectivity index (χ3n) is 2.40. The van der Waals surface area contributed by atoms with Crippen molar-refractivity contribution in [3.05, 3.63) is 46.8 Å². The SMILES string of the molecule is Cc1cc(C(C)NS(=O)c2ccc(Cl)cc2)no1. The molecule has 0 aliphatic rings. The van der Waals surface area contributed by atoms with Crippen molar-refractivity contribution in [3.8, 4) is 0 Å². The van der Waals surface area contributed by atoms with E-state index in [9.17, 15) is 4.21 Å². The fourth-order valence-electron chi connectivity index (χ4n) is 1.44. The molecule has 1 aromatic heterocycles. The largest absolute Gasteiger partial charge is 0.361 e. The van der Waals surface area contributed by atoms with E-state index in [0.29, 0.717) is 9.92 Å². The number of nitrogens with zero attached hydrogens (tertiary/aromatic N) is 1. The van der Waals surface area contributed by atoms with E-state index in [0.717, 1.165) is 11.5 Å². The molecule has 0 saturated heterocycles. The smallest absolute Gasteiger partial charge is 0.133 e. The van der Waals surface area contributed by atoms with Crippen molar-refractivity contribution in [3.63, 3.8) is 0 Å². The Morgan fingerprint density at radius 3 is 2.61 bits per heavy atom. The van der Waals surface area contributed by atoms with Gasteiger partial charge in [0.05, 0.1) is 10.9 Å². The van der Waals surface area contributed by atoms with Crippen molar-refractivity contribution in [1.29, 1.82) is 0 Å². The average molecular weight is 285 g/mol. The van der Waals surface area contributed by atoms with Gasteiger partial charge in [-0.2, -0.15) is 0 Å². The van der Waals surface area contributed by atoms with Crippen molar-refractivity contribution >= 4 is 22.6 Å². The summed E-state index contributed by atoms with van der Waals surface area (Å²) < 4.78 is 20.0. The lowest BCUT2D eigenvalue weighted by Crippen LogP contribution is -2.21. The predicted molar refractivity (Wildman–Crippen MR) is 70.7 cm³/mol. The second-order valence-electron chi connectivity index (χ2n) is 3.92. The lowest BCUT2D eigenvalue weighted by atomic mass is 10.2. The van der Waals surface area contributed by atoms with E-state index in [1.165, 1.54) is 0 Å². The van der Waals surface area contributed by atoms with E-state index >= 15 is 0 Å². The molecule has 6 heteroatoms. The maximum Gasteiger partial charge on any atom is 0.133 e. The monoisotopic (exact) mass is 284 g/mol. The van der Waals surface area contributed by atoms with Crippen LogP contribution in [0.4, 0.5) is 0 Å². The summed E-state index contributed by atoms with van der Waals surface area (Å²) >= 11 is 5.78. The second kappa shape index (κ2) is 5.65. The molecule has 18 heavy (non-hydrogen) atoms. The third kappa shape index (κ3) is 3.19. The molecule has 0 spiro atoms. The first-order chi connectivity index (χ1) is 8.56. The highest BCUT2D eigenvalue weighted by Crippen LogP contribution is 2.16. The fourth-order valence-corrected chi connectivity index (χ4v) is 2.52. The summed E-state index contributed by atoms with van der Waals surface area (Å²) in [5.41, 5.74) is 0.731. The van der Waals surface area contributed by atoms with Crippen molar-refractivity contribution < 1.29 is 8.73 Å². The number of aryl methyl sites for hydroxylation is 1. The van der Waals surface area contributed by atoms with E-state index in [-0.39, 0.29) is 6.04 Å². The average Bonchev–Trinajstić information content (AvgIpc) is 2.76. The van der Waals surface area contributed by atoms with Gasteiger partial charge in [-0.15, -0.1) is 0 Å². The molecule has 0 aliphatic heterocycles. The van der Waals surface area contributed by atoms with Gasteiger partial charge < -0.3 is 4.52 Å². The quantitative estimate of drug-likeness (QED) is 0.939. The molecule has 2 unspecified atom stereocenters. The third-order valence-corrected chi connectivity index (χ3v) is 3.92. The standard InChI is InChI=1S/C12H13ClN2O2S/c1-8-7-12(14-17-8)9(2)15-18(16)11-5-3-10(13)4-6-11/h3-7,9,15H,1-2H3. The molecule has 2 rings (SSSR count). The highest BCUT2D eigenvalue weighted by Gasteiger charge is 2.13. The van der Waals surface area contributed by atoms with Crippen molar-refractivity contribution in [1.82, 2.24) is 9.88 Å². The number of halogens is 1. The summed E-state index contributed by atoms with van der Waals surface area (Å²) in [6.07, 6.45) is 0. The number of nitrogens with one attached hydrogen (secondary N) is 1. The molecule has 2 atom stereocenters. The molecule has 1 N–H and O–H groups in total. The topological polar surface area (TPSA) is 55.1 Å². The Balaban J connectivity index is 2.05. The molecule has 0 amide bonds.